The molecular weight excluding hydrogens is 270 g/mol. The summed E-state index contributed by atoms with van der Waals surface area (Å²) in [7, 11) is 0. The molecule has 2 aromatic rings. The Morgan fingerprint density at radius 1 is 1.45 bits per heavy atom. The monoisotopic (exact) mass is 283 g/mol. The highest BCUT2D eigenvalue weighted by molar-refractivity contribution is 5.85. The molecule has 0 radical (unpaired) electrons. The Balaban J connectivity index is 2.12. The molecule has 0 aliphatic carbocycles. The molecule has 0 unspecified atom stereocenters. The van der Waals surface area contributed by atoms with E-state index in [4.69, 9.17) is 15.6 Å². The molecule has 0 saturated carbocycles. The van der Waals surface area contributed by atoms with E-state index in [0.29, 0.717) is 0 Å². The molecule has 6 N–H and O–H groups in total. The van der Waals surface area contributed by atoms with Crippen molar-refractivity contribution < 1.29 is 20.1 Å². The summed E-state index contributed by atoms with van der Waals surface area (Å²) < 4.78 is 6.45. The number of ether oxygens (including phenoxy) is 1. The Morgan fingerprint density at radius 2 is 2.20 bits per heavy atom. The number of nitrogen functional groups attached to an aromatic ring is 1. The first-order valence-corrected chi connectivity index (χ1v) is 5.88. The average Bonchev–Trinajstić information content (AvgIpc) is 2.90. The number of fused-ring (bicyclic) bond motifs is 1. The van der Waals surface area contributed by atoms with Gasteiger partial charge in [-0.05, 0) is 0 Å². The van der Waals surface area contributed by atoms with Gasteiger partial charge in [-0.25, -0.2) is 9.67 Å². The van der Waals surface area contributed by atoms with Gasteiger partial charge in [0.25, 0.3) is 5.56 Å². The van der Waals surface area contributed by atoms with Crippen molar-refractivity contribution in [2.75, 3.05) is 12.3 Å². The van der Waals surface area contributed by atoms with Crippen molar-refractivity contribution >= 4 is 16.9 Å². The van der Waals surface area contributed by atoms with Crippen molar-refractivity contribution in [1.29, 1.82) is 0 Å². The minimum atomic E-state index is -1.32. The predicted molar refractivity (Wildman–Crippen MR) is 65.6 cm³/mol. The van der Waals surface area contributed by atoms with Crippen molar-refractivity contribution in [3.05, 3.63) is 16.7 Å². The smallest absolute Gasteiger partial charge is 0.264 e. The number of H-pyrrole nitrogens is 1. The molecule has 20 heavy (non-hydrogen) atoms. The molecule has 108 valence electrons. The van der Waals surface area contributed by atoms with Crippen molar-refractivity contribution in [3.8, 4) is 0 Å². The second-order valence-corrected chi connectivity index (χ2v) is 4.49. The molecule has 1 aliphatic rings. The molecular formula is C10H13N5O5. The highest BCUT2D eigenvalue weighted by atomic mass is 16.6. The maximum atomic E-state index is 11.7. The van der Waals surface area contributed by atoms with Crippen LogP contribution < -0.4 is 11.3 Å². The number of nitrogens with two attached hydrogens (primary N) is 1. The van der Waals surface area contributed by atoms with Crippen molar-refractivity contribution in [3.63, 3.8) is 0 Å². The van der Waals surface area contributed by atoms with E-state index in [1.165, 1.54) is 6.33 Å². The number of anilines is 1. The number of aliphatic hydroxyl groups is 3. The summed E-state index contributed by atoms with van der Waals surface area (Å²) in [5.41, 5.74) is 5.31. The van der Waals surface area contributed by atoms with Crippen molar-refractivity contribution in [2.45, 2.75) is 24.5 Å². The molecule has 3 heterocycles. The standard InChI is InChI=1S/C10H13N5O5/c11-7-4-8(12-2-13-9(4)19)15(14-7)10-6(18)5(17)3(1-16)20-10/h2-3,5-6,10,16-18H,1H2,(H2,11,14)(H,12,13,19)/t3-,5-,6-,10-/m0/s1. The van der Waals surface area contributed by atoms with Crippen LogP contribution in [0.2, 0.25) is 0 Å². The molecule has 0 bridgehead atoms. The largest absolute Gasteiger partial charge is 0.394 e. The van der Waals surface area contributed by atoms with E-state index in [-0.39, 0.29) is 16.9 Å². The Bertz CT molecular complexity index is 697. The van der Waals surface area contributed by atoms with Crippen LogP contribution in [0.1, 0.15) is 6.23 Å². The molecule has 0 amide bonds. The topological polar surface area (TPSA) is 160 Å². The van der Waals surface area contributed by atoms with E-state index in [1.54, 1.807) is 0 Å². The van der Waals surface area contributed by atoms with E-state index >= 15 is 0 Å². The summed E-state index contributed by atoms with van der Waals surface area (Å²) in [6, 6.07) is 0. The van der Waals surface area contributed by atoms with E-state index in [0.717, 1.165) is 4.68 Å². The van der Waals surface area contributed by atoms with Crippen LogP contribution in [0.5, 0.6) is 0 Å². The molecule has 1 fully saturated rings. The van der Waals surface area contributed by atoms with Crippen LogP contribution in [-0.2, 0) is 4.74 Å². The van der Waals surface area contributed by atoms with Crippen LogP contribution in [0.15, 0.2) is 11.1 Å². The second-order valence-electron chi connectivity index (χ2n) is 4.49. The zero-order chi connectivity index (χ0) is 14.4. The summed E-state index contributed by atoms with van der Waals surface area (Å²) in [5, 5.41) is 32.7. The van der Waals surface area contributed by atoms with E-state index in [1.807, 2.05) is 0 Å². The molecule has 3 rings (SSSR count). The summed E-state index contributed by atoms with van der Waals surface area (Å²) in [6.07, 6.45) is -3.46. The van der Waals surface area contributed by atoms with Gasteiger partial charge < -0.3 is 30.8 Å². The first-order chi connectivity index (χ1) is 9.54. The minimum absolute atomic E-state index is 0.0629. The summed E-state index contributed by atoms with van der Waals surface area (Å²) in [5.74, 6) is -0.0629. The van der Waals surface area contributed by atoms with Gasteiger partial charge in [0.15, 0.2) is 17.7 Å². The van der Waals surface area contributed by atoms with E-state index < -0.39 is 36.7 Å². The molecule has 10 nitrogen and oxygen atoms in total. The molecule has 4 atom stereocenters. The summed E-state index contributed by atoms with van der Waals surface area (Å²) >= 11 is 0. The Labute approximate surface area is 111 Å². The fraction of sp³-hybridized carbons (Fsp3) is 0.500. The highest BCUT2D eigenvalue weighted by Crippen LogP contribution is 2.31. The summed E-state index contributed by atoms with van der Waals surface area (Å²) in [4.78, 5) is 18.0. The number of hydrogen-bond donors (Lipinski definition) is 5. The maximum absolute atomic E-state index is 11.7. The van der Waals surface area contributed by atoms with Crippen LogP contribution >= 0.6 is 0 Å². The maximum Gasteiger partial charge on any atom is 0.264 e. The predicted octanol–water partition coefficient (Wildman–Crippen LogP) is -2.69. The SMILES string of the molecule is Nc1nn([C@H]2O[C@@H](CO)[C@H](O)[C@@H]2O)c2nc[nH]c(=O)c12. The Hall–Kier alpha value is -2.01. The summed E-state index contributed by atoms with van der Waals surface area (Å²) in [6.45, 7) is -0.461. The first kappa shape index (κ1) is 13.0. The molecule has 0 spiro atoms. The first-order valence-electron chi connectivity index (χ1n) is 5.88. The lowest BCUT2D eigenvalue weighted by Gasteiger charge is -2.15. The lowest BCUT2D eigenvalue weighted by molar-refractivity contribution is -0.0565. The number of aromatic nitrogens is 4. The number of nitrogens with zero attached hydrogens (tertiary/aromatic N) is 3. The van der Waals surface area contributed by atoms with Gasteiger partial charge in [0.1, 0.15) is 23.7 Å². The fourth-order valence-corrected chi connectivity index (χ4v) is 2.27. The third kappa shape index (κ3) is 1.70. The van der Waals surface area contributed by atoms with Gasteiger partial charge in [0, 0.05) is 0 Å². The van der Waals surface area contributed by atoms with Crippen molar-refractivity contribution in [2.24, 2.45) is 0 Å². The Kier molecular flexibility index (Phi) is 2.94. The number of nitrogens with one attached hydrogen (secondary N) is 1. The van der Waals surface area contributed by atoms with Gasteiger partial charge in [0.05, 0.1) is 12.9 Å². The second kappa shape index (κ2) is 4.52. The van der Waals surface area contributed by atoms with E-state index in [9.17, 15) is 15.0 Å². The molecule has 2 aromatic heterocycles. The highest BCUT2D eigenvalue weighted by Gasteiger charge is 2.44. The van der Waals surface area contributed by atoms with Gasteiger partial charge in [-0.3, -0.25) is 4.79 Å². The number of rotatable bonds is 2. The Morgan fingerprint density at radius 3 is 2.85 bits per heavy atom. The quantitative estimate of drug-likeness (QED) is 0.398. The minimum Gasteiger partial charge on any atom is -0.394 e. The van der Waals surface area contributed by atoms with Gasteiger partial charge in [-0.2, -0.15) is 5.10 Å². The molecule has 1 saturated heterocycles. The number of aliphatic hydroxyl groups excluding tert-OH is 3. The molecule has 10 heteroatoms. The van der Waals surface area contributed by atoms with Gasteiger partial charge in [-0.1, -0.05) is 0 Å². The lowest BCUT2D eigenvalue weighted by Crippen LogP contribution is -2.33. The third-order valence-corrected chi connectivity index (χ3v) is 3.28. The lowest BCUT2D eigenvalue weighted by atomic mass is 10.1. The zero-order valence-corrected chi connectivity index (χ0v) is 10.2. The van der Waals surface area contributed by atoms with Crippen molar-refractivity contribution in [1.82, 2.24) is 19.7 Å². The van der Waals surface area contributed by atoms with Crippen LogP contribution in [0.3, 0.4) is 0 Å². The van der Waals surface area contributed by atoms with Crippen LogP contribution in [0.4, 0.5) is 5.82 Å². The van der Waals surface area contributed by atoms with Crippen LogP contribution in [0.25, 0.3) is 11.0 Å². The third-order valence-electron chi connectivity index (χ3n) is 3.28. The van der Waals surface area contributed by atoms with Crippen LogP contribution in [-0.4, -0.2) is 60.0 Å². The van der Waals surface area contributed by atoms with E-state index in [2.05, 4.69) is 15.1 Å². The average molecular weight is 283 g/mol. The normalized spacial score (nSPS) is 30.1. The number of aromatic amines is 1. The molecule has 0 aromatic carbocycles. The zero-order valence-electron chi connectivity index (χ0n) is 10.2. The van der Waals surface area contributed by atoms with Gasteiger partial charge in [0.2, 0.25) is 0 Å². The van der Waals surface area contributed by atoms with Gasteiger partial charge >= 0.3 is 0 Å². The number of hydrogen-bond acceptors (Lipinski definition) is 8. The fourth-order valence-electron chi connectivity index (χ4n) is 2.27. The van der Waals surface area contributed by atoms with Crippen LogP contribution in [0, 0.1) is 0 Å². The molecule has 1 aliphatic heterocycles. The van der Waals surface area contributed by atoms with Gasteiger partial charge in [-0.15, -0.1) is 0 Å².